The molecule has 5 nitrogen and oxygen atoms in total. The summed E-state index contributed by atoms with van der Waals surface area (Å²) >= 11 is 0. The molecule has 2 N–H and O–H groups in total. The van der Waals surface area contributed by atoms with Crippen LogP contribution in [-0.2, 0) is 10.0 Å². The van der Waals surface area contributed by atoms with Gasteiger partial charge in [0.15, 0.2) is 0 Å². The first-order valence-corrected chi connectivity index (χ1v) is 8.34. The zero-order valence-electron chi connectivity index (χ0n) is 12.6. The summed E-state index contributed by atoms with van der Waals surface area (Å²) in [6.45, 7) is 4.04. The molecule has 0 fully saturated rings. The van der Waals surface area contributed by atoms with Gasteiger partial charge in [0.2, 0.25) is 0 Å². The molecule has 0 amide bonds. The van der Waals surface area contributed by atoms with Crippen molar-refractivity contribution in [2.24, 2.45) is 0 Å². The molecule has 0 saturated carbocycles. The molecular formula is C16H16FNO4S. The van der Waals surface area contributed by atoms with Crippen LogP contribution in [0.3, 0.4) is 0 Å². The Morgan fingerprint density at radius 3 is 2.26 bits per heavy atom. The van der Waals surface area contributed by atoms with Gasteiger partial charge >= 0.3 is 5.97 Å². The summed E-state index contributed by atoms with van der Waals surface area (Å²) in [5.74, 6) is -2.20. The van der Waals surface area contributed by atoms with E-state index in [-0.39, 0.29) is 4.90 Å². The Morgan fingerprint density at radius 1 is 1.13 bits per heavy atom. The second-order valence-electron chi connectivity index (χ2n) is 5.33. The van der Waals surface area contributed by atoms with Gasteiger partial charge in [0.1, 0.15) is 5.82 Å². The summed E-state index contributed by atoms with van der Waals surface area (Å²) in [5, 5.41) is 8.87. The molecular weight excluding hydrogens is 321 g/mol. The van der Waals surface area contributed by atoms with Crippen LogP contribution in [-0.4, -0.2) is 19.5 Å². The quantitative estimate of drug-likeness (QED) is 0.875. The minimum Gasteiger partial charge on any atom is -0.478 e. The lowest BCUT2D eigenvalue weighted by Crippen LogP contribution is -2.14. The Kier molecular flexibility index (Phi) is 4.70. The largest absolute Gasteiger partial charge is 0.478 e. The van der Waals surface area contributed by atoms with Crippen molar-refractivity contribution in [3.8, 4) is 0 Å². The Balaban J connectivity index is 2.32. The molecule has 122 valence electrons. The number of sulfonamides is 1. The molecule has 2 aromatic rings. The van der Waals surface area contributed by atoms with Crippen molar-refractivity contribution in [3.63, 3.8) is 0 Å². The van der Waals surface area contributed by atoms with Crippen LogP contribution in [0.5, 0.6) is 0 Å². The van der Waals surface area contributed by atoms with Crippen molar-refractivity contribution in [1.29, 1.82) is 0 Å². The molecule has 0 saturated heterocycles. The summed E-state index contributed by atoms with van der Waals surface area (Å²) in [5.41, 5.74) is 0.710. The van der Waals surface area contributed by atoms with E-state index in [1.165, 1.54) is 0 Å². The first-order valence-electron chi connectivity index (χ1n) is 6.86. The van der Waals surface area contributed by atoms with Gasteiger partial charge in [0.25, 0.3) is 10.0 Å². The maximum absolute atomic E-state index is 13.4. The maximum Gasteiger partial charge on any atom is 0.338 e. The number of hydrogen-bond acceptors (Lipinski definition) is 3. The van der Waals surface area contributed by atoms with Gasteiger partial charge in [-0.3, -0.25) is 4.72 Å². The lowest BCUT2D eigenvalue weighted by atomic mass is 10.0. The molecule has 0 aliphatic carbocycles. The van der Waals surface area contributed by atoms with E-state index in [1.54, 1.807) is 24.3 Å². The van der Waals surface area contributed by atoms with Gasteiger partial charge in [0.05, 0.1) is 10.5 Å². The molecule has 0 aliphatic rings. The van der Waals surface area contributed by atoms with Crippen molar-refractivity contribution in [3.05, 3.63) is 59.4 Å². The number of benzene rings is 2. The summed E-state index contributed by atoms with van der Waals surface area (Å²) in [7, 11) is -4.00. The third-order valence-electron chi connectivity index (χ3n) is 3.31. The number of carbonyl (C=O) groups is 1. The van der Waals surface area contributed by atoms with Gasteiger partial charge < -0.3 is 5.11 Å². The summed E-state index contributed by atoms with van der Waals surface area (Å²) in [6.07, 6.45) is 0. The summed E-state index contributed by atoms with van der Waals surface area (Å²) in [6, 6.07) is 9.48. The Hall–Kier alpha value is -2.41. The Morgan fingerprint density at radius 2 is 1.74 bits per heavy atom. The molecule has 0 aromatic heterocycles. The molecule has 2 rings (SSSR count). The fraction of sp³-hybridized carbons (Fsp3) is 0.188. The highest BCUT2D eigenvalue weighted by molar-refractivity contribution is 7.92. The number of carboxylic acids is 1. The predicted molar refractivity (Wildman–Crippen MR) is 84.7 cm³/mol. The number of halogens is 1. The molecule has 0 aliphatic heterocycles. The van der Waals surface area contributed by atoms with Gasteiger partial charge in [0, 0.05) is 5.69 Å². The van der Waals surface area contributed by atoms with Crippen molar-refractivity contribution >= 4 is 21.7 Å². The molecule has 0 bridgehead atoms. The minimum atomic E-state index is -4.00. The molecule has 23 heavy (non-hydrogen) atoms. The molecule has 0 unspecified atom stereocenters. The highest BCUT2D eigenvalue weighted by atomic mass is 32.2. The van der Waals surface area contributed by atoms with Crippen LogP contribution in [0.2, 0.25) is 0 Å². The first kappa shape index (κ1) is 17.0. The SMILES string of the molecule is CC(C)c1ccc(NS(=O)(=O)c2ccc(F)c(C(=O)O)c2)cc1. The van der Waals surface area contributed by atoms with E-state index in [4.69, 9.17) is 5.11 Å². The van der Waals surface area contributed by atoms with Gasteiger partial charge in [-0.25, -0.2) is 17.6 Å². The lowest BCUT2D eigenvalue weighted by Gasteiger charge is -2.11. The average molecular weight is 337 g/mol. The molecule has 0 spiro atoms. The van der Waals surface area contributed by atoms with Crippen molar-refractivity contribution in [2.75, 3.05) is 4.72 Å². The molecule has 0 atom stereocenters. The monoisotopic (exact) mass is 337 g/mol. The van der Waals surface area contributed by atoms with Gasteiger partial charge in [-0.2, -0.15) is 0 Å². The number of nitrogens with one attached hydrogen (secondary N) is 1. The zero-order valence-corrected chi connectivity index (χ0v) is 13.4. The van der Waals surface area contributed by atoms with E-state index in [0.29, 0.717) is 11.6 Å². The van der Waals surface area contributed by atoms with Crippen LogP contribution in [0.1, 0.15) is 35.7 Å². The lowest BCUT2D eigenvalue weighted by molar-refractivity contribution is 0.0691. The number of carboxylic acid groups (broad SMARTS) is 1. The van der Waals surface area contributed by atoms with Crippen molar-refractivity contribution in [2.45, 2.75) is 24.7 Å². The minimum absolute atomic E-state index is 0.316. The zero-order chi connectivity index (χ0) is 17.2. The van der Waals surface area contributed by atoms with Crippen molar-refractivity contribution < 1.29 is 22.7 Å². The third-order valence-corrected chi connectivity index (χ3v) is 4.69. The normalized spacial score (nSPS) is 11.5. The van der Waals surface area contributed by atoms with Crippen molar-refractivity contribution in [1.82, 2.24) is 0 Å². The second kappa shape index (κ2) is 6.37. The highest BCUT2D eigenvalue weighted by Crippen LogP contribution is 2.21. The molecule has 0 heterocycles. The Bertz CT molecular complexity index is 830. The number of rotatable bonds is 5. The van der Waals surface area contributed by atoms with E-state index < -0.39 is 27.4 Å². The fourth-order valence-corrected chi connectivity index (χ4v) is 3.07. The smallest absolute Gasteiger partial charge is 0.338 e. The summed E-state index contributed by atoms with van der Waals surface area (Å²) in [4.78, 5) is 10.6. The van der Waals surface area contributed by atoms with E-state index >= 15 is 0 Å². The van der Waals surface area contributed by atoms with E-state index in [9.17, 15) is 17.6 Å². The van der Waals surface area contributed by atoms with Gasteiger partial charge in [-0.15, -0.1) is 0 Å². The number of hydrogen-bond donors (Lipinski definition) is 2. The van der Waals surface area contributed by atoms with E-state index in [2.05, 4.69) is 4.72 Å². The standard InChI is InChI=1S/C16H16FNO4S/c1-10(2)11-3-5-12(6-4-11)18-23(21,22)13-7-8-15(17)14(9-13)16(19)20/h3-10,18H,1-2H3,(H,19,20). The molecule has 7 heteroatoms. The average Bonchev–Trinajstić information content (AvgIpc) is 2.47. The third kappa shape index (κ3) is 3.87. The number of aromatic carboxylic acids is 1. The topological polar surface area (TPSA) is 83.5 Å². The predicted octanol–water partition coefficient (Wildman–Crippen LogP) is 3.45. The molecule has 2 aromatic carbocycles. The van der Waals surface area contributed by atoms with Crippen LogP contribution < -0.4 is 4.72 Å². The fourth-order valence-electron chi connectivity index (χ4n) is 1.99. The summed E-state index contributed by atoms with van der Waals surface area (Å²) < 4.78 is 40.3. The van der Waals surface area contributed by atoms with Crippen LogP contribution in [0.25, 0.3) is 0 Å². The number of anilines is 1. The van der Waals surface area contributed by atoms with Crippen LogP contribution >= 0.6 is 0 Å². The van der Waals surface area contributed by atoms with Crippen LogP contribution in [0.4, 0.5) is 10.1 Å². The Labute approximate surface area is 133 Å². The highest BCUT2D eigenvalue weighted by Gasteiger charge is 2.19. The van der Waals surface area contributed by atoms with Gasteiger partial charge in [-0.1, -0.05) is 26.0 Å². The molecule has 0 radical (unpaired) electrons. The van der Waals surface area contributed by atoms with E-state index in [0.717, 1.165) is 23.8 Å². The van der Waals surface area contributed by atoms with Gasteiger partial charge in [-0.05, 0) is 41.8 Å². The van der Waals surface area contributed by atoms with Crippen LogP contribution in [0, 0.1) is 5.82 Å². The van der Waals surface area contributed by atoms with Crippen LogP contribution in [0.15, 0.2) is 47.4 Å². The van der Waals surface area contributed by atoms with E-state index in [1.807, 2.05) is 13.8 Å². The first-order chi connectivity index (χ1) is 10.7. The second-order valence-corrected chi connectivity index (χ2v) is 7.01. The maximum atomic E-state index is 13.4.